The molecule has 0 aliphatic rings. The Balaban J connectivity index is 1.92. The monoisotopic (exact) mass is 325 g/mol. The average Bonchev–Trinajstić information content (AvgIpc) is 2.57. The highest BCUT2D eigenvalue weighted by Crippen LogP contribution is 2.18. The molecule has 0 bridgehead atoms. The van der Waals surface area contributed by atoms with Crippen molar-refractivity contribution in [2.75, 3.05) is 11.9 Å². The predicted octanol–water partition coefficient (Wildman–Crippen LogP) is 3.59. The minimum absolute atomic E-state index is 0.137. The number of aliphatic hydroxyl groups excluding tert-OH is 1. The van der Waals surface area contributed by atoms with Gasteiger partial charge < -0.3 is 15.2 Å². The quantitative estimate of drug-likeness (QED) is 0.603. The second kappa shape index (κ2) is 8.89. The first-order chi connectivity index (χ1) is 11.6. The Morgan fingerprint density at radius 1 is 1.17 bits per heavy atom. The van der Waals surface area contributed by atoms with Crippen molar-refractivity contribution in [2.24, 2.45) is 0 Å². The zero-order valence-electron chi connectivity index (χ0n) is 14.1. The number of rotatable bonds is 7. The highest BCUT2D eigenvalue weighted by atomic mass is 16.5. The number of carbonyl (C=O) groups is 1. The third-order valence-corrected chi connectivity index (χ3v) is 3.58. The molecule has 0 heterocycles. The van der Waals surface area contributed by atoms with E-state index in [1.165, 1.54) is 6.08 Å². The Morgan fingerprint density at radius 2 is 1.92 bits per heavy atom. The van der Waals surface area contributed by atoms with Crippen LogP contribution in [0.15, 0.2) is 60.3 Å². The van der Waals surface area contributed by atoms with Gasteiger partial charge in [-0.2, -0.15) is 0 Å². The first-order valence-electron chi connectivity index (χ1n) is 7.95. The van der Waals surface area contributed by atoms with Crippen LogP contribution >= 0.6 is 0 Å². The average molecular weight is 325 g/mol. The Hall–Kier alpha value is -2.59. The van der Waals surface area contributed by atoms with Crippen molar-refractivity contribution in [3.05, 3.63) is 77.0 Å². The van der Waals surface area contributed by atoms with Crippen molar-refractivity contribution < 1.29 is 14.6 Å². The van der Waals surface area contributed by atoms with E-state index in [0.717, 1.165) is 22.4 Å². The van der Waals surface area contributed by atoms with Crippen LogP contribution < -0.4 is 5.32 Å². The van der Waals surface area contributed by atoms with E-state index in [1.54, 1.807) is 0 Å². The normalized spacial score (nSPS) is 11.2. The highest BCUT2D eigenvalue weighted by Gasteiger charge is 2.04. The number of esters is 1. The van der Waals surface area contributed by atoms with Crippen LogP contribution in [-0.2, 0) is 22.6 Å². The maximum Gasteiger partial charge on any atom is 0.332 e. The number of aliphatic hydroxyl groups is 1. The Labute approximate surface area is 142 Å². The summed E-state index contributed by atoms with van der Waals surface area (Å²) in [6, 6.07) is 15.5. The van der Waals surface area contributed by atoms with Crippen molar-refractivity contribution >= 4 is 11.7 Å². The third-order valence-electron chi connectivity index (χ3n) is 3.58. The van der Waals surface area contributed by atoms with Crippen LogP contribution in [0.3, 0.4) is 0 Å². The zero-order valence-corrected chi connectivity index (χ0v) is 14.1. The number of benzene rings is 2. The molecule has 4 heteroatoms. The number of anilines is 1. The maximum atomic E-state index is 11.9. The largest absolute Gasteiger partial charge is 0.458 e. The van der Waals surface area contributed by atoms with Crippen molar-refractivity contribution in [3.8, 4) is 0 Å². The third kappa shape index (κ3) is 5.56. The van der Waals surface area contributed by atoms with Gasteiger partial charge in [0, 0.05) is 24.1 Å². The van der Waals surface area contributed by atoms with E-state index in [2.05, 4.69) is 5.32 Å². The van der Waals surface area contributed by atoms with Crippen LogP contribution in [-0.4, -0.2) is 17.7 Å². The summed E-state index contributed by atoms with van der Waals surface area (Å²) < 4.78 is 5.23. The number of allylic oxidation sites excluding steroid dienone is 1. The van der Waals surface area contributed by atoms with Gasteiger partial charge in [0.25, 0.3) is 0 Å². The van der Waals surface area contributed by atoms with E-state index in [-0.39, 0.29) is 19.2 Å². The molecule has 0 aliphatic carbocycles. The molecule has 0 radical (unpaired) electrons. The van der Waals surface area contributed by atoms with Gasteiger partial charge in [-0.25, -0.2) is 4.79 Å². The molecule has 0 aromatic heterocycles. The molecule has 0 amide bonds. The van der Waals surface area contributed by atoms with E-state index < -0.39 is 0 Å². The lowest BCUT2D eigenvalue weighted by molar-refractivity contribution is -0.139. The molecule has 2 N–H and O–H groups in total. The van der Waals surface area contributed by atoms with Crippen molar-refractivity contribution in [1.29, 1.82) is 0 Å². The molecule has 0 spiro atoms. The lowest BCUT2D eigenvalue weighted by atomic mass is 10.1. The van der Waals surface area contributed by atoms with Gasteiger partial charge in [-0.1, -0.05) is 42.5 Å². The van der Waals surface area contributed by atoms with E-state index in [4.69, 9.17) is 9.84 Å². The van der Waals surface area contributed by atoms with Crippen LogP contribution in [0.25, 0.3) is 0 Å². The molecule has 0 aliphatic heterocycles. The molecular formula is C20H23NO3. The summed E-state index contributed by atoms with van der Waals surface area (Å²) in [7, 11) is 0. The number of ether oxygens (including phenoxy) is 1. The van der Waals surface area contributed by atoms with E-state index in [0.29, 0.717) is 12.1 Å². The minimum Gasteiger partial charge on any atom is -0.458 e. The van der Waals surface area contributed by atoms with Gasteiger partial charge >= 0.3 is 5.97 Å². The number of carbonyl (C=O) groups excluding carboxylic acids is 1. The molecule has 2 aromatic rings. The van der Waals surface area contributed by atoms with Crippen molar-refractivity contribution in [1.82, 2.24) is 0 Å². The topological polar surface area (TPSA) is 58.6 Å². The molecule has 24 heavy (non-hydrogen) atoms. The summed E-state index contributed by atoms with van der Waals surface area (Å²) in [5, 5.41) is 12.2. The van der Waals surface area contributed by atoms with Gasteiger partial charge in [0.1, 0.15) is 6.61 Å². The predicted molar refractivity (Wildman–Crippen MR) is 95.6 cm³/mol. The standard InChI is InChI=1S/C20H23NO3/c1-15-12-17(10-11-22)8-9-19(15)21-16(2)13-20(23)24-14-18-6-4-3-5-7-18/h3-9,12-13,21-22H,10-11,14H2,1-2H3/b16-13+. The number of hydrogen-bond acceptors (Lipinski definition) is 4. The molecule has 0 saturated heterocycles. The van der Waals surface area contributed by atoms with Crippen LogP contribution in [0.2, 0.25) is 0 Å². The Kier molecular flexibility index (Phi) is 6.58. The second-order valence-corrected chi connectivity index (χ2v) is 5.67. The van der Waals surface area contributed by atoms with E-state index in [1.807, 2.05) is 62.4 Å². The molecule has 2 rings (SSSR count). The van der Waals surface area contributed by atoms with Gasteiger partial charge in [0.2, 0.25) is 0 Å². The van der Waals surface area contributed by atoms with Crippen LogP contribution in [0.5, 0.6) is 0 Å². The molecule has 0 saturated carbocycles. The molecule has 2 aromatic carbocycles. The van der Waals surface area contributed by atoms with Gasteiger partial charge in [0.15, 0.2) is 0 Å². The first-order valence-corrected chi connectivity index (χ1v) is 7.95. The molecular weight excluding hydrogens is 302 g/mol. The van der Waals surface area contributed by atoms with Crippen LogP contribution in [0, 0.1) is 6.92 Å². The summed E-state index contributed by atoms with van der Waals surface area (Å²) in [5.41, 5.74) is 4.75. The maximum absolute atomic E-state index is 11.9. The van der Waals surface area contributed by atoms with E-state index in [9.17, 15) is 4.79 Å². The fourth-order valence-electron chi connectivity index (χ4n) is 2.35. The second-order valence-electron chi connectivity index (χ2n) is 5.67. The summed E-state index contributed by atoms with van der Waals surface area (Å²) in [6.45, 7) is 4.21. The highest BCUT2D eigenvalue weighted by molar-refractivity contribution is 5.83. The summed E-state index contributed by atoms with van der Waals surface area (Å²) in [5.74, 6) is -0.376. The van der Waals surface area contributed by atoms with Gasteiger partial charge in [-0.05, 0) is 43.0 Å². The fraction of sp³-hybridized carbons (Fsp3) is 0.250. The lowest BCUT2D eigenvalue weighted by Gasteiger charge is -2.11. The molecule has 4 nitrogen and oxygen atoms in total. The smallest absolute Gasteiger partial charge is 0.332 e. The van der Waals surface area contributed by atoms with Gasteiger partial charge in [-0.3, -0.25) is 0 Å². The van der Waals surface area contributed by atoms with Gasteiger partial charge in [0.05, 0.1) is 0 Å². The van der Waals surface area contributed by atoms with Crippen molar-refractivity contribution in [3.63, 3.8) is 0 Å². The Morgan fingerprint density at radius 3 is 2.58 bits per heavy atom. The van der Waals surface area contributed by atoms with E-state index >= 15 is 0 Å². The molecule has 0 atom stereocenters. The van der Waals surface area contributed by atoms with Crippen molar-refractivity contribution in [2.45, 2.75) is 26.9 Å². The van der Waals surface area contributed by atoms with Crippen LogP contribution in [0.4, 0.5) is 5.69 Å². The van der Waals surface area contributed by atoms with Crippen LogP contribution in [0.1, 0.15) is 23.6 Å². The molecule has 0 fully saturated rings. The molecule has 0 unspecified atom stereocenters. The SMILES string of the molecule is C/C(=C\C(=O)OCc1ccccc1)Nc1ccc(CCO)cc1C. The number of aryl methyl sites for hydroxylation is 1. The number of nitrogens with one attached hydrogen (secondary N) is 1. The summed E-state index contributed by atoms with van der Waals surface area (Å²) in [4.78, 5) is 11.9. The lowest BCUT2D eigenvalue weighted by Crippen LogP contribution is -2.05. The fourth-order valence-corrected chi connectivity index (χ4v) is 2.35. The summed E-state index contributed by atoms with van der Waals surface area (Å²) >= 11 is 0. The molecule has 126 valence electrons. The first kappa shape index (κ1) is 17.8. The zero-order chi connectivity index (χ0) is 17.4. The Bertz CT molecular complexity index is 708. The minimum atomic E-state index is -0.376. The number of hydrogen-bond donors (Lipinski definition) is 2. The summed E-state index contributed by atoms with van der Waals surface area (Å²) in [6.07, 6.45) is 2.09. The van der Waals surface area contributed by atoms with Gasteiger partial charge in [-0.15, -0.1) is 0 Å².